The van der Waals surface area contributed by atoms with E-state index >= 15 is 0 Å². The van der Waals surface area contributed by atoms with Gasteiger partial charge in [-0.15, -0.1) is 0 Å². The fraction of sp³-hybridized carbons (Fsp3) is 0.583. The smallest absolute Gasteiger partial charge is 0.0483 e. The van der Waals surface area contributed by atoms with Crippen LogP contribution >= 0.6 is 0 Å². The number of ether oxygens (including phenoxy) is 1. The third-order valence-electron chi connectivity index (χ3n) is 3.06. The van der Waals surface area contributed by atoms with Crippen LogP contribution in [0.5, 0.6) is 0 Å². The van der Waals surface area contributed by atoms with E-state index in [2.05, 4.69) is 29.4 Å². The Balaban J connectivity index is 1.87. The Hall–Kier alpha value is -0.930. The monoisotopic (exact) mass is 206 g/mol. The molecule has 0 amide bonds. The Morgan fingerprint density at radius 3 is 2.67 bits per heavy atom. The average Bonchev–Trinajstić information content (AvgIpc) is 2.29. The molecule has 1 fully saturated rings. The van der Waals surface area contributed by atoms with E-state index in [0.29, 0.717) is 0 Å². The first-order valence-corrected chi connectivity index (χ1v) is 5.50. The fourth-order valence-corrected chi connectivity index (χ4v) is 1.81. The molecule has 2 rings (SSSR count). The van der Waals surface area contributed by atoms with Crippen LogP contribution in [0.4, 0.5) is 0 Å². The zero-order chi connectivity index (χ0) is 10.6. The van der Waals surface area contributed by atoms with E-state index in [1.165, 1.54) is 5.56 Å². The summed E-state index contributed by atoms with van der Waals surface area (Å²) >= 11 is 0. The number of rotatable bonds is 3. The Morgan fingerprint density at radius 1 is 1.33 bits per heavy atom. The largest absolute Gasteiger partial charge is 0.381 e. The first-order chi connectivity index (χ1) is 7.29. The Labute approximate surface area is 90.9 Å². The number of nitrogens with zero attached hydrogens (tertiary/aromatic N) is 1. The summed E-state index contributed by atoms with van der Waals surface area (Å²) in [7, 11) is 0. The summed E-state index contributed by atoms with van der Waals surface area (Å²) in [6.45, 7) is 4.94. The molecule has 1 saturated heterocycles. The zero-order valence-electron chi connectivity index (χ0n) is 9.20. The van der Waals surface area contributed by atoms with Crippen LogP contribution in [-0.4, -0.2) is 23.7 Å². The molecule has 1 aromatic rings. The molecule has 1 aliphatic heterocycles. The van der Waals surface area contributed by atoms with Crippen molar-refractivity contribution in [2.24, 2.45) is 0 Å². The van der Waals surface area contributed by atoms with Crippen LogP contribution in [0.1, 0.15) is 25.3 Å². The molecule has 0 saturated carbocycles. The van der Waals surface area contributed by atoms with Gasteiger partial charge in [0.05, 0.1) is 0 Å². The SMILES string of the molecule is CC1(NCc2ccncc2)CCOCC1. The maximum atomic E-state index is 5.37. The number of nitrogens with one attached hydrogen (secondary N) is 1. The normalized spacial score (nSPS) is 20.1. The Bertz CT molecular complexity index is 294. The molecular weight excluding hydrogens is 188 g/mol. The van der Waals surface area contributed by atoms with Crippen LogP contribution in [0, 0.1) is 0 Å². The van der Waals surface area contributed by atoms with Gasteiger partial charge in [-0.3, -0.25) is 4.98 Å². The standard InChI is InChI=1S/C12H18N2O/c1-12(4-8-15-9-5-12)14-10-11-2-6-13-7-3-11/h2-3,6-7,14H,4-5,8-10H2,1H3. The van der Waals surface area contributed by atoms with Gasteiger partial charge in [0.1, 0.15) is 0 Å². The van der Waals surface area contributed by atoms with Gasteiger partial charge in [0.25, 0.3) is 0 Å². The van der Waals surface area contributed by atoms with Gasteiger partial charge in [-0.2, -0.15) is 0 Å². The van der Waals surface area contributed by atoms with Crippen LogP contribution in [0.3, 0.4) is 0 Å². The quantitative estimate of drug-likeness (QED) is 0.818. The molecule has 0 radical (unpaired) electrons. The van der Waals surface area contributed by atoms with Crippen molar-refractivity contribution in [3.63, 3.8) is 0 Å². The van der Waals surface area contributed by atoms with Gasteiger partial charge in [-0.1, -0.05) is 0 Å². The first-order valence-electron chi connectivity index (χ1n) is 5.50. The molecule has 3 nitrogen and oxygen atoms in total. The molecule has 15 heavy (non-hydrogen) atoms. The number of hydrogen-bond acceptors (Lipinski definition) is 3. The maximum absolute atomic E-state index is 5.37. The van der Waals surface area contributed by atoms with E-state index < -0.39 is 0 Å². The van der Waals surface area contributed by atoms with Crippen molar-refractivity contribution in [2.75, 3.05) is 13.2 Å². The van der Waals surface area contributed by atoms with Crippen LogP contribution in [0.15, 0.2) is 24.5 Å². The lowest BCUT2D eigenvalue weighted by molar-refractivity contribution is 0.0446. The lowest BCUT2D eigenvalue weighted by Crippen LogP contribution is -2.46. The van der Waals surface area contributed by atoms with E-state index in [-0.39, 0.29) is 5.54 Å². The number of hydrogen-bond donors (Lipinski definition) is 1. The van der Waals surface area contributed by atoms with Crippen molar-refractivity contribution in [1.29, 1.82) is 0 Å². The van der Waals surface area contributed by atoms with Gasteiger partial charge in [0, 0.05) is 37.7 Å². The minimum absolute atomic E-state index is 0.238. The topological polar surface area (TPSA) is 34.2 Å². The molecule has 0 aromatic carbocycles. The van der Waals surface area contributed by atoms with Gasteiger partial charge in [-0.05, 0) is 37.5 Å². The number of pyridine rings is 1. The molecule has 3 heteroatoms. The van der Waals surface area contributed by atoms with Crippen molar-refractivity contribution in [1.82, 2.24) is 10.3 Å². The van der Waals surface area contributed by atoms with Crippen LogP contribution in [0.25, 0.3) is 0 Å². The van der Waals surface area contributed by atoms with Crippen molar-refractivity contribution < 1.29 is 4.74 Å². The summed E-state index contributed by atoms with van der Waals surface area (Å²) in [6.07, 6.45) is 5.86. The third kappa shape index (κ3) is 3.01. The average molecular weight is 206 g/mol. The minimum atomic E-state index is 0.238. The second kappa shape index (κ2) is 4.73. The van der Waals surface area contributed by atoms with Gasteiger partial charge in [-0.25, -0.2) is 0 Å². The van der Waals surface area contributed by atoms with Crippen molar-refractivity contribution in [2.45, 2.75) is 31.8 Å². The minimum Gasteiger partial charge on any atom is -0.381 e. The van der Waals surface area contributed by atoms with Gasteiger partial charge in [0.2, 0.25) is 0 Å². The summed E-state index contributed by atoms with van der Waals surface area (Å²) in [4.78, 5) is 4.01. The van der Waals surface area contributed by atoms with E-state index in [4.69, 9.17) is 4.74 Å². The molecule has 0 spiro atoms. The summed E-state index contributed by atoms with van der Waals surface area (Å²) in [5.41, 5.74) is 1.53. The molecule has 82 valence electrons. The summed E-state index contributed by atoms with van der Waals surface area (Å²) in [6, 6.07) is 4.10. The molecule has 0 atom stereocenters. The molecular formula is C12H18N2O. The Morgan fingerprint density at radius 2 is 2.00 bits per heavy atom. The lowest BCUT2D eigenvalue weighted by atomic mass is 9.92. The lowest BCUT2D eigenvalue weighted by Gasteiger charge is -2.34. The van der Waals surface area contributed by atoms with Gasteiger partial charge in [0.15, 0.2) is 0 Å². The fourth-order valence-electron chi connectivity index (χ4n) is 1.81. The predicted octanol–water partition coefficient (Wildman–Crippen LogP) is 1.74. The third-order valence-corrected chi connectivity index (χ3v) is 3.06. The highest BCUT2D eigenvalue weighted by molar-refractivity contribution is 5.09. The highest BCUT2D eigenvalue weighted by atomic mass is 16.5. The first kappa shape index (κ1) is 10.6. The second-order valence-electron chi connectivity index (χ2n) is 4.38. The van der Waals surface area contributed by atoms with Crippen LogP contribution < -0.4 is 5.32 Å². The van der Waals surface area contributed by atoms with Crippen LogP contribution in [0.2, 0.25) is 0 Å². The van der Waals surface area contributed by atoms with Gasteiger partial charge < -0.3 is 10.1 Å². The van der Waals surface area contributed by atoms with E-state index in [9.17, 15) is 0 Å². The van der Waals surface area contributed by atoms with Crippen molar-refractivity contribution >= 4 is 0 Å². The van der Waals surface area contributed by atoms with E-state index in [1.54, 1.807) is 0 Å². The molecule has 1 N–H and O–H groups in total. The molecule has 0 bridgehead atoms. The van der Waals surface area contributed by atoms with Crippen molar-refractivity contribution in [3.8, 4) is 0 Å². The number of aromatic nitrogens is 1. The summed E-state index contributed by atoms with van der Waals surface area (Å²) < 4.78 is 5.37. The maximum Gasteiger partial charge on any atom is 0.0483 e. The zero-order valence-corrected chi connectivity index (χ0v) is 9.20. The highest BCUT2D eigenvalue weighted by Gasteiger charge is 2.26. The van der Waals surface area contributed by atoms with E-state index in [1.807, 2.05) is 12.4 Å². The van der Waals surface area contributed by atoms with Crippen LogP contribution in [-0.2, 0) is 11.3 Å². The highest BCUT2D eigenvalue weighted by Crippen LogP contribution is 2.20. The molecule has 1 aliphatic rings. The van der Waals surface area contributed by atoms with Gasteiger partial charge >= 0.3 is 0 Å². The molecule has 2 heterocycles. The molecule has 1 aromatic heterocycles. The van der Waals surface area contributed by atoms with E-state index in [0.717, 1.165) is 32.6 Å². The van der Waals surface area contributed by atoms with Crippen molar-refractivity contribution in [3.05, 3.63) is 30.1 Å². The summed E-state index contributed by atoms with van der Waals surface area (Å²) in [5, 5.41) is 3.61. The Kier molecular flexibility index (Phi) is 3.34. The molecule has 0 aliphatic carbocycles. The predicted molar refractivity (Wildman–Crippen MR) is 59.5 cm³/mol. The summed E-state index contributed by atoms with van der Waals surface area (Å²) in [5.74, 6) is 0. The molecule has 0 unspecified atom stereocenters. The second-order valence-corrected chi connectivity index (χ2v) is 4.38.